The normalized spacial score (nSPS) is 37.2. The Balaban J connectivity index is 1.93. The van der Waals surface area contributed by atoms with Crippen LogP contribution < -0.4 is 0 Å². The Bertz CT molecular complexity index is 505. The molecule has 2 saturated carbocycles. The molecule has 4 atom stereocenters. The van der Waals surface area contributed by atoms with Crippen molar-refractivity contribution < 1.29 is 19.8 Å². The third-order valence-corrected chi connectivity index (χ3v) is 5.49. The van der Waals surface area contributed by atoms with Crippen molar-refractivity contribution in [3.63, 3.8) is 0 Å². The standard InChI is InChI=1S/C10H11N3O4S/c14-7(15)5-2-1-4-6(8(16)17)10(4,5)18-9-11-3-12-13-9/h3-6H,1-2H2,(H,14,15)(H,16,17)(H,11,12,13). The molecule has 3 N–H and O–H groups in total. The first kappa shape index (κ1) is 11.5. The van der Waals surface area contributed by atoms with Gasteiger partial charge in [-0.25, -0.2) is 4.98 Å². The molecular weight excluding hydrogens is 258 g/mol. The van der Waals surface area contributed by atoms with E-state index in [2.05, 4.69) is 15.2 Å². The fraction of sp³-hybridized carbons (Fsp3) is 0.600. The smallest absolute Gasteiger partial charge is 0.308 e. The first-order chi connectivity index (χ1) is 8.57. The van der Waals surface area contributed by atoms with Gasteiger partial charge in [0.25, 0.3) is 0 Å². The lowest BCUT2D eigenvalue weighted by atomic mass is 10.00. The van der Waals surface area contributed by atoms with Crippen molar-refractivity contribution >= 4 is 23.7 Å². The van der Waals surface area contributed by atoms with Crippen molar-refractivity contribution in [2.45, 2.75) is 22.7 Å². The van der Waals surface area contributed by atoms with Gasteiger partial charge in [-0.05, 0) is 18.8 Å². The topological polar surface area (TPSA) is 116 Å². The van der Waals surface area contributed by atoms with Gasteiger partial charge in [0.15, 0.2) is 5.16 Å². The number of nitrogens with one attached hydrogen (secondary N) is 1. The fourth-order valence-electron chi connectivity index (χ4n) is 3.20. The molecule has 0 bridgehead atoms. The van der Waals surface area contributed by atoms with E-state index in [0.29, 0.717) is 18.0 Å². The second-order valence-corrected chi connectivity index (χ2v) is 5.93. The summed E-state index contributed by atoms with van der Waals surface area (Å²) in [5.41, 5.74) is 0. The molecule has 0 spiro atoms. The summed E-state index contributed by atoms with van der Waals surface area (Å²) in [6.07, 6.45) is 2.51. The average Bonchev–Trinajstić information content (AvgIpc) is 2.69. The highest BCUT2D eigenvalue weighted by molar-refractivity contribution is 8.01. The van der Waals surface area contributed by atoms with Gasteiger partial charge in [0.2, 0.25) is 0 Å². The van der Waals surface area contributed by atoms with Crippen LogP contribution in [0, 0.1) is 17.8 Å². The molecule has 96 valence electrons. The molecule has 0 aliphatic heterocycles. The third-order valence-electron chi connectivity index (χ3n) is 3.90. The van der Waals surface area contributed by atoms with E-state index in [0.717, 1.165) is 0 Å². The van der Waals surface area contributed by atoms with Gasteiger partial charge in [0.05, 0.1) is 16.6 Å². The minimum absolute atomic E-state index is 0.0776. The van der Waals surface area contributed by atoms with Gasteiger partial charge >= 0.3 is 11.9 Å². The van der Waals surface area contributed by atoms with Crippen LogP contribution >= 0.6 is 11.8 Å². The molecule has 1 aromatic heterocycles. The van der Waals surface area contributed by atoms with Crippen molar-refractivity contribution in [2.75, 3.05) is 0 Å². The number of fused-ring (bicyclic) bond motifs is 1. The maximum atomic E-state index is 11.3. The summed E-state index contributed by atoms with van der Waals surface area (Å²) in [6, 6.07) is 0. The van der Waals surface area contributed by atoms with Gasteiger partial charge in [-0.2, -0.15) is 5.10 Å². The maximum Gasteiger partial charge on any atom is 0.308 e. The molecule has 7 nitrogen and oxygen atoms in total. The lowest BCUT2D eigenvalue weighted by molar-refractivity contribution is -0.143. The van der Waals surface area contributed by atoms with E-state index in [-0.39, 0.29) is 5.92 Å². The lowest BCUT2D eigenvalue weighted by Crippen LogP contribution is -2.29. The van der Waals surface area contributed by atoms with Crippen LogP contribution in [0.4, 0.5) is 0 Å². The zero-order valence-corrected chi connectivity index (χ0v) is 10.1. The summed E-state index contributed by atoms with van der Waals surface area (Å²) in [7, 11) is 0. The summed E-state index contributed by atoms with van der Waals surface area (Å²) in [6.45, 7) is 0. The van der Waals surface area contributed by atoms with E-state index in [4.69, 9.17) is 0 Å². The van der Waals surface area contributed by atoms with E-state index in [1.54, 1.807) is 0 Å². The zero-order chi connectivity index (χ0) is 12.9. The Morgan fingerprint density at radius 3 is 2.67 bits per heavy atom. The highest BCUT2D eigenvalue weighted by Gasteiger charge is 2.77. The number of H-pyrrole nitrogens is 1. The van der Waals surface area contributed by atoms with Crippen molar-refractivity contribution in [1.82, 2.24) is 15.2 Å². The largest absolute Gasteiger partial charge is 0.481 e. The number of nitrogens with zero attached hydrogens (tertiary/aromatic N) is 2. The highest BCUT2D eigenvalue weighted by Crippen LogP contribution is 2.72. The number of rotatable bonds is 4. The van der Waals surface area contributed by atoms with Crippen molar-refractivity contribution in [1.29, 1.82) is 0 Å². The number of carbonyl (C=O) groups is 2. The molecule has 4 unspecified atom stereocenters. The third kappa shape index (κ3) is 1.38. The summed E-state index contributed by atoms with van der Waals surface area (Å²) < 4.78 is -0.753. The quantitative estimate of drug-likeness (QED) is 0.727. The Kier molecular flexibility index (Phi) is 2.37. The molecule has 0 aromatic carbocycles. The van der Waals surface area contributed by atoms with Crippen molar-refractivity contribution in [3.05, 3.63) is 6.33 Å². The molecule has 2 aliphatic rings. The van der Waals surface area contributed by atoms with E-state index < -0.39 is 28.5 Å². The minimum atomic E-state index is -0.923. The Morgan fingerprint density at radius 2 is 2.17 bits per heavy atom. The van der Waals surface area contributed by atoms with Crippen molar-refractivity contribution in [3.8, 4) is 0 Å². The molecule has 18 heavy (non-hydrogen) atoms. The minimum Gasteiger partial charge on any atom is -0.481 e. The van der Waals surface area contributed by atoms with Gasteiger partial charge in [-0.15, -0.1) is 0 Å². The monoisotopic (exact) mass is 269 g/mol. The van der Waals surface area contributed by atoms with Gasteiger partial charge in [0.1, 0.15) is 6.33 Å². The van der Waals surface area contributed by atoms with Gasteiger partial charge in [-0.1, -0.05) is 11.8 Å². The van der Waals surface area contributed by atoms with Crippen LogP contribution in [0.1, 0.15) is 12.8 Å². The molecular formula is C10H11N3O4S. The van der Waals surface area contributed by atoms with Crippen molar-refractivity contribution in [2.24, 2.45) is 17.8 Å². The molecule has 1 aromatic rings. The molecule has 0 radical (unpaired) electrons. The number of hydrogen-bond donors (Lipinski definition) is 3. The lowest BCUT2D eigenvalue weighted by Gasteiger charge is -2.19. The van der Waals surface area contributed by atoms with Gasteiger partial charge in [-0.3, -0.25) is 14.7 Å². The molecule has 0 amide bonds. The van der Waals surface area contributed by atoms with Crippen LogP contribution in [-0.4, -0.2) is 42.1 Å². The van der Waals surface area contributed by atoms with Crippen LogP contribution in [0.15, 0.2) is 11.5 Å². The van der Waals surface area contributed by atoms with Crippen LogP contribution in [0.5, 0.6) is 0 Å². The van der Waals surface area contributed by atoms with Gasteiger partial charge in [0, 0.05) is 0 Å². The number of aromatic amines is 1. The number of hydrogen-bond acceptors (Lipinski definition) is 5. The van der Waals surface area contributed by atoms with Crippen LogP contribution in [0.3, 0.4) is 0 Å². The first-order valence-corrected chi connectivity index (χ1v) is 6.39. The molecule has 3 rings (SSSR count). The predicted octanol–water partition coefficient (Wildman–Crippen LogP) is 0.461. The molecule has 1 heterocycles. The summed E-state index contributed by atoms with van der Waals surface area (Å²) >= 11 is 1.22. The average molecular weight is 269 g/mol. The van der Waals surface area contributed by atoms with Crippen LogP contribution in [-0.2, 0) is 9.59 Å². The highest BCUT2D eigenvalue weighted by atomic mass is 32.2. The summed E-state index contributed by atoms with van der Waals surface area (Å²) in [5.74, 6) is -3.14. The second-order valence-electron chi connectivity index (χ2n) is 4.64. The maximum absolute atomic E-state index is 11.3. The fourth-order valence-corrected chi connectivity index (χ4v) is 4.82. The Morgan fingerprint density at radius 1 is 1.39 bits per heavy atom. The van der Waals surface area contributed by atoms with Crippen LogP contribution in [0.25, 0.3) is 0 Å². The number of thioether (sulfide) groups is 1. The Hall–Kier alpha value is -1.57. The molecule has 8 heteroatoms. The first-order valence-electron chi connectivity index (χ1n) is 5.57. The molecule has 2 aliphatic carbocycles. The van der Waals surface area contributed by atoms with E-state index in [1.165, 1.54) is 18.1 Å². The van der Waals surface area contributed by atoms with E-state index in [1.807, 2.05) is 0 Å². The summed E-state index contributed by atoms with van der Waals surface area (Å²) in [4.78, 5) is 26.5. The van der Waals surface area contributed by atoms with E-state index >= 15 is 0 Å². The van der Waals surface area contributed by atoms with Gasteiger partial charge < -0.3 is 10.2 Å². The number of carboxylic acid groups (broad SMARTS) is 2. The van der Waals surface area contributed by atoms with E-state index in [9.17, 15) is 19.8 Å². The molecule has 0 saturated heterocycles. The van der Waals surface area contributed by atoms with Crippen LogP contribution in [0.2, 0.25) is 0 Å². The summed E-state index contributed by atoms with van der Waals surface area (Å²) in [5, 5.41) is 25.3. The number of aromatic nitrogens is 3. The number of carboxylic acids is 2. The Labute approximate surface area is 106 Å². The molecule has 2 fully saturated rings. The SMILES string of the molecule is O=C(O)C1CCC2C(C(=O)O)C12Sc1ncn[nH]1. The predicted molar refractivity (Wildman–Crippen MR) is 59.9 cm³/mol. The second kappa shape index (κ2) is 3.71. The zero-order valence-electron chi connectivity index (χ0n) is 9.24. The number of aliphatic carboxylic acids is 2.